The molecule has 0 bridgehead atoms. The number of rotatable bonds is 11. The van der Waals surface area contributed by atoms with Gasteiger partial charge in [0.1, 0.15) is 0 Å². The van der Waals surface area contributed by atoms with Gasteiger partial charge in [0.25, 0.3) is 0 Å². The second-order valence-corrected chi connectivity index (χ2v) is 5.37. The lowest BCUT2D eigenvalue weighted by molar-refractivity contribution is 0.323. The average molecular weight is 286 g/mol. The molecule has 19 heavy (non-hydrogen) atoms. The van der Waals surface area contributed by atoms with Gasteiger partial charge in [0.2, 0.25) is 5.16 Å². The van der Waals surface area contributed by atoms with Gasteiger partial charge < -0.3 is 10.2 Å². The van der Waals surface area contributed by atoms with E-state index in [0.717, 1.165) is 56.6 Å². The Morgan fingerprint density at radius 1 is 1.21 bits per heavy atom. The van der Waals surface area contributed by atoms with E-state index in [1.54, 1.807) is 11.8 Å². The van der Waals surface area contributed by atoms with E-state index in [-0.39, 0.29) is 0 Å². The minimum Gasteiger partial charge on any atom is -0.315 e. The minimum atomic E-state index is 0.834. The Hall–Kier alpha value is -0.660. The van der Waals surface area contributed by atoms with Crippen LogP contribution >= 0.6 is 11.8 Å². The Balaban J connectivity index is 2.28. The van der Waals surface area contributed by atoms with Crippen LogP contribution in [0.2, 0.25) is 0 Å². The molecule has 0 aliphatic rings. The molecule has 0 atom stereocenters. The van der Waals surface area contributed by atoms with Crippen LogP contribution < -0.4 is 5.32 Å². The summed E-state index contributed by atoms with van der Waals surface area (Å²) in [5.41, 5.74) is 0. The Morgan fingerprint density at radius 2 is 2.00 bits per heavy atom. The molecule has 0 amide bonds. The first kappa shape index (κ1) is 16.4. The number of nitrogens with one attached hydrogen (secondary N) is 1. The molecule has 0 unspecified atom stereocenters. The lowest BCUT2D eigenvalue weighted by Gasteiger charge is -2.16. The zero-order chi connectivity index (χ0) is 13.9. The molecular weight excluding hydrogens is 260 g/mol. The van der Waals surface area contributed by atoms with Crippen molar-refractivity contribution in [2.45, 2.75) is 38.9 Å². The first-order chi connectivity index (χ1) is 9.31. The van der Waals surface area contributed by atoms with Crippen molar-refractivity contribution in [1.82, 2.24) is 30.4 Å². The zero-order valence-electron chi connectivity index (χ0n) is 12.3. The Bertz CT molecular complexity index is 326. The highest BCUT2D eigenvalue weighted by atomic mass is 32.2. The van der Waals surface area contributed by atoms with Crippen molar-refractivity contribution in [2.75, 3.05) is 38.5 Å². The lowest BCUT2D eigenvalue weighted by Crippen LogP contribution is -2.25. The average Bonchev–Trinajstić information content (AvgIpc) is 2.87. The molecule has 110 valence electrons. The van der Waals surface area contributed by atoms with Crippen molar-refractivity contribution in [3.8, 4) is 0 Å². The summed E-state index contributed by atoms with van der Waals surface area (Å²) in [7, 11) is 0. The maximum absolute atomic E-state index is 4.08. The third-order valence-electron chi connectivity index (χ3n) is 2.96. The highest BCUT2D eigenvalue weighted by molar-refractivity contribution is 7.99. The van der Waals surface area contributed by atoms with E-state index in [1.807, 2.05) is 4.68 Å². The Kier molecular flexibility index (Phi) is 8.77. The monoisotopic (exact) mass is 286 g/mol. The number of hydrogen-bond donors (Lipinski definition) is 1. The predicted molar refractivity (Wildman–Crippen MR) is 79.5 cm³/mol. The summed E-state index contributed by atoms with van der Waals surface area (Å²) in [6, 6.07) is 0. The Labute approximate surface area is 120 Å². The highest BCUT2D eigenvalue weighted by Crippen LogP contribution is 2.13. The van der Waals surface area contributed by atoms with Crippen LogP contribution in [-0.4, -0.2) is 63.6 Å². The van der Waals surface area contributed by atoms with Gasteiger partial charge in [0.05, 0.1) is 6.54 Å². The molecule has 1 N–H and O–H groups in total. The van der Waals surface area contributed by atoms with Crippen LogP contribution in [0.5, 0.6) is 0 Å². The maximum atomic E-state index is 4.08. The molecule has 1 aromatic heterocycles. The van der Waals surface area contributed by atoms with Crippen molar-refractivity contribution in [2.24, 2.45) is 0 Å². The SMILES string of the molecule is CCCNCCn1nnnc1SCCN(CC)CC. The smallest absolute Gasteiger partial charge is 0.209 e. The zero-order valence-corrected chi connectivity index (χ0v) is 13.1. The predicted octanol–water partition coefficient (Wildman–Crippen LogP) is 1.11. The van der Waals surface area contributed by atoms with Gasteiger partial charge in [-0.05, 0) is 36.5 Å². The van der Waals surface area contributed by atoms with Crippen molar-refractivity contribution in [3.05, 3.63) is 0 Å². The van der Waals surface area contributed by atoms with Crippen molar-refractivity contribution < 1.29 is 0 Å². The number of nitrogens with zero attached hydrogens (tertiary/aromatic N) is 5. The number of thioether (sulfide) groups is 1. The van der Waals surface area contributed by atoms with Crippen LogP contribution in [0.1, 0.15) is 27.2 Å². The fraction of sp³-hybridized carbons (Fsp3) is 0.917. The number of aromatic nitrogens is 4. The molecule has 0 aliphatic heterocycles. The van der Waals surface area contributed by atoms with Crippen LogP contribution in [0, 0.1) is 0 Å². The van der Waals surface area contributed by atoms with Gasteiger partial charge in [-0.15, -0.1) is 5.10 Å². The van der Waals surface area contributed by atoms with Crippen LogP contribution in [0.25, 0.3) is 0 Å². The van der Waals surface area contributed by atoms with Crippen LogP contribution in [0.3, 0.4) is 0 Å². The topological polar surface area (TPSA) is 58.9 Å². The van der Waals surface area contributed by atoms with Gasteiger partial charge in [-0.1, -0.05) is 32.5 Å². The van der Waals surface area contributed by atoms with Crippen molar-refractivity contribution in [3.63, 3.8) is 0 Å². The number of tetrazole rings is 1. The van der Waals surface area contributed by atoms with E-state index in [0.29, 0.717) is 0 Å². The molecule has 1 heterocycles. The molecule has 0 spiro atoms. The van der Waals surface area contributed by atoms with Gasteiger partial charge in [-0.3, -0.25) is 0 Å². The molecule has 0 saturated heterocycles. The van der Waals surface area contributed by atoms with Crippen LogP contribution in [0.15, 0.2) is 5.16 Å². The summed E-state index contributed by atoms with van der Waals surface area (Å²) in [6.07, 6.45) is 1.15. The van der Waals surface area contributed by atoms with Gasteiger partial charge in [0.15, 0.2) is 0 Å². The van der Waals surface area contributed by atoms with E-state index < -0.39 is 0 Å². The van der Waals surface area contributed by atoms with Crippen molar-refractivity contribution in [1.29, 1.82) is 0 Å². The normalized spacial score (nSPS) is 11.4. The molecule has 0 radical (unpaired) electrons. The first-order valence-electron chi connectivity index (χ1n) is 7.13. The third kappa shape index (κ3) is 6.35. The third-order valence-corrected chi connectivity index (χ3v) is 3.90. The van der Waals surface area contributed by atoms with Crippen LogP contribution in [-0.2, 0) is 6.54 Å². The van der Waals surface area contributed by atoms with Crippen LogP contribution in [0.4, 0.5) is 0 Å². The number of hydrogen-bond acceptors (Lipinski definition) is 6. The van der Waals surface area contributed by atoms with Gasteiger partial charge >= 0.3 is 0 Å². The molecule has 6 nitrogen and oxygen atoms in total. The summed E-state index contributed by atoms with van der Waals surface area (Å²) >= 11 is 1.73. The summed E-state index contributed by atoms with van der Waals surface area (Å²) in [5, 5.41) is 16.2. The van der Waals surface area contributed by atoms with Gasteiger partial charge in [-0.2, -0.15) is 0 Å². The summed E-state index contributed by atoms with van der Waals surface area (Å²) < 4.78 is 1.88. The quantitative estimate of drug-likeness (QED) is 0.486. The standard InChI is InChI=1S/C12H26N6S/c1-4-7-13-8-9-18-12(14-15-16-18)19-11-10-17(5-2)6-3/h13H,4-11H2,1-3H3. The van der Waals surface area contributed by atoms with Gasteiger partial charge in [-0.25, -0.2) is 4.68 Å². The van der Waals surface area contributed by atoms with Gasteiger partial charge in [0, 0.05) is 18.8 Å². The lowest BCUT2D eigenvalue weighted by atomic mass is 10.5. The summed E-state index contributed by atoms with van der Waals surface area (Å²) in [4.78, 5) is 2.41. The molecule has 0 aliphatic carbocycles. The molecule has 1 aromatic rings. The second kappa shape index (κ2) is 10.2. The van der Waals surface area contributed by atoms with E-state index in [9.17, 15) is 0 Å². The maximum Gasteiger partial charge on any atom is 0.209 e. The summed E-state index contributed by atoms with van der Waals surface area (Å²) in [5.74, 6) is 1.03. The van der Waals surface area contributed by atoms with E-state index >= 15 is 0 Å². The highest BCUT2D eigenvalue weighted by Gasteiger charge is 2.07. The minimum absolute atomic E-state index is 0.834. The summed E-state index contributed by atoms with van der Waals surface area (Å²) in [6.45, 7) is 12.6. The van der Waals surface area contributed by atoms with E-state index in [4.69, 9.17) is 0 Å². The van der Waals surface area contributed by atoms with E-state index in [1.165, 1.54) is 0 Å². The molecule has 7 heteroatoms. The largest absolute Gasteiger partial charge is 0.315 e. The second-order valence-electron chi connectivity index (χ2n) is 4.31. The first-order valence-corrected chi connectivity index (χ1v) is 8.12. The molecule has 0 aromatic carbocycles. The molecular formula is C12H26N6S. The molecule has 1 rings (SSSR count). The fourth-order valence-corrected chi connectivity index (χ4v) is 2.64. The van der Waals surface area contributed by atoms with Crippen molar-refractivity contribution >= 4 is 11.8 Å². The fourth-order valence-electron chi connectivity index (χ4n) is 1.73. The van der Waals surface area contributed by atoms with E-state index in [2.05, 4.69) is 46.5 Å². The molecule has 0 saturated carbocycles. The molecule has 0 fully saturated rings. The Morgan fingerprint density at radius 3 is 2.68 bits per heavy atom.